The van der Waals surface area contributed by atoms with Gasteiger partial charge < -0.3 is 20.4 Å². The number of halogens is 2. The first-order valence-electron chi connectivity index (χ1n) is 15.5. The minimum absolute atomic E-state index is 0.0677. The van der Waals surface area contributed by atoms with Crippen molar-refractivity contribution in [2.45, 2.75) is 32.9 Å². The fraction of sp³-hybridized carbons (Fsp3) is 0.158. The zero-order chi connectivity index (χ0) is 33.8. The number of nitrogens with one attached hydrogen (secondary N) is 2. The minimum atomic E-state index is -0.903. The van der Waals surface area contributed by atoms with E-state index in [2.05, 4.69) is 20.5 Å². The van der Waals surface area contributed by atoms with Gasteiger partial charge >= 0.3 is 6.03 Å². The van der Waals surface area contributed by atoms with Crippen LogP contribution in [0.2, 0.25) is 0 Å². The predicted octanol–water partition coefficient (Wildman–Crippen LogP) is 7.80. The van der Waals surface area contributed by atoms with E-state index in [1.807, 2.05) is 54.4 Å². The molecule has 0 aliphatic carbocycles. The number of fused-ring (bicyclic) bond motifs is 1. The second kappa shape index (κ2) is 13.8. The third kappa shape index (κ3) is 6.50. The zero-order valence-corrected chi connectivity index (χ0v) is 26.4. The van der Waals surface area contributed by atoms with Crippen molar-refractivity contribution in [3.63, 3.8) is 0 Å². The first-order valence-corrected chi connectivity index (χ1v) is 15.5. The second-order valence-electron chi connectivity index (χ2n) is 11.6. The van der Waals surface area contributed by atoms with Crippen molar-refractivity contribution in [1.29, 1.82) is 0 Å². The molecule has 4 aromatic carbocycles. The molecule has 0 fully saturated rings. The Balaban J connectivity index is 1.22. The summed E-state index contributed by atoms with van der Waals surface area (Å²) in [5, 5.41) is 4.74. The summed E-state index contributed by atoms with van der Waals surface area (Å²) in [6, 6.07) is 25.9. The van der Waals surface area contributed by atoms with Gasteiger partial charge in [0.2, 0.25) is 0 Å². The van der Waals surface area contributed by atoms with Gasteiger partial charge in [0.05, 0.1) is 23.3 Å². The number of nitrogens with zero attached hydrogens (tertiary/aromatic N) is 3. The molecule has 48 heavy (non-hydrogen) atoms. The highest BCUT2D eigenvalue weighted by molar-refractivity contribution is 6.13. The van der Waals surface area contributed by atoms with Crippen LogP contribution in [0.5, 0.6) is 0 Å². The van der Waals surface area contributed by atoms with Gasteiger partial charge in [-0.05, 0) is 86.0 Å². The number of aromatic nitrogens is 1. The lowest BCUT2D eigenvalue weighted by molar-refractivity contribution is 0.0976. The molecule has 242 valence electrons. The molecule has 0 saturated carbocycles. The zero-order valence-electron chi connectivity index (χ0n) is 26.4. The highest BCUT2D eigenvalue weighted by Gasteiger charge is 2.31. The number of carbonyl (C=O) groups excluding carboxylic acids is 3. The van der Waals surface area contributed by atoms with Crippen molar-refractivity contribution in [2.75, 3.05) is 21.7 Å². The molecule has 10 heteroatoms. The number of benzene rings is 4. The molecule has 0 radical (unpaired) electrons. The maximum absolute atomic E-state index is 14.2. The first kappa shape index (κ1) is 32.1. The summed E-state index contributed by atoms with van der Waals surface area (Å²) < 4.78 is 28.0. The van der Waals surface area contributed by atoms with Crippen LogP contribution in [0.25, 0.3) is 0 Å². The monoisotopic (exact) mass is 645 g/mol. The molecular formula is C38H33F2N5O3. The lowest BCUT2D eigenvalue weighted by Gasteiger charge is -2.29. The molecule has 1 unspecified atom stereocenters. The molecule has 5 aromatic rings. The van der Waals surface area contributed by atoms with Crippen LogP contribution in [0, 0.1) is 18.6 Å². The van der Waals surface area contributed by atoms with E-state index < -0.39 is 23.4 Å². The van der Waals surface area contributed by atoms with Gasteiger partial charge in [-0.25, -0.2) is 13.6 Å². The minimum Gasteiger partial charge on any atom is -0.338 e. The van der Waals surface area contributed by atoms with Crippen LogP contribution in [0.4, 0.5) is 36.3 Å². The summed E-state index contributed by atoms with van der Waals surface area (Å²) in [6.45, 7) is 4.45. The maximum atomic E-state index is 14.2. The first-order chi connectivity index (χ1) is 23.2. The molecule has 1 aliphatic rings. The van der Waals surface area contributed by atoms with Gasteiger partial charge in [-0.1, -0.05) is 42.5 Å². The molecule has 0 saturated heterocycles. The Hall–Kier alpha value is -5.90. The van der Waals surface area contributed by atoms with E-state index in [1.165, 1.54) is 6.07 Å². The average molecular weight is 646 g/mol. The number of rotatable bonds is 7. The van der Waals surface area contributed by atoms with E-state index in [0.29, 0.717) is 34.4 Å². The van der Waals surface area contributed by atoms with E-state index >= 15 is 0 Å². The fourth-order valence-corrected chi connectivity index (χ4v) is 5.97. The van der Waals surface area contributed by atoms with Crippen molar-refractivity contribution in [2.24, 2.45) is 0 Å². The molecule has 6 rings (SSSR count). The average Bonchev–Trinajstić information content (AvgIpc) is 3.24. The number of anilines is 4. The summed E-state index contributed by atoms with van der Waals surface area (Å²) in [7, 11) is 0. The van der Waals surface area contributed by atoms with Crippen LogP contribution >= 0.6 is 0 Å². The topological polar surface area (TPSA) is 94.6 Å². The second-order valence-corrected chi connectivity index (χ2v) is 11.6. The highest BCUT2D eigenvalue weighted by Crippen LogP contribution is 2.39. The molecule has 0 bridgehead atoms. The highest BCUT2D eigenvalue weighted by atomic mass is 19.1. The molecule has 2 N–H and O–H groups in total. The number of aryl methyl sites for hydroxylation is 1. The lowest BCUT2D eigenvalue weighted by Crippen LogP contribution is -2.38. The Morgan fingerprint density at radius 2 is 1.58 bits per heavy atom. The van der Waals surface area contributed by atoms with Crippen molar-refractivity contribution < 1.29 is 23.2 Å². The number of hydrogen-bond acceptors (Lipinski definition) is 5. The van der Waals surface area contributed by atoms with Crippen LogP contribution in [0.1, 0.15) is 50.8 Å². The molecular weight excluding hydrogens is 612 g/mol. The number of urea groups is 1. The summed E-state index contributed by atoms with van der Waals surface area (Å²) in [5.74, 6) is -2.27. The normalized spacial score (nSPS) is 14.1. The van der Waals surface area contributed by atoms with Gasteiger partial charge in [0, 0.05) is 42.0 Å². The molecule has 0 spiro atoms. The van der Waals surface area contributed by atoms with Crippen molar-refractivity contribution in [3.05, 3.63) is 149 Å². The van der Waals surface area contributed by atoms with Gasteiger partial charge in [-0.2, -0.15) is 0 Å². The van der Waals surface area contributed by atoms with Gasteiger partial charge in [-0.3, -0.25) is 14.6 Å². The Morgan fingerprint density at radius 1 is 0.854 bits per heavy atom. The summed E-state index contributed by atoms with van der Waals surface area (Å²) in [4.78, 5) is 48.7. The fourth-order valence-electron chi connectivity index (χ4n) is 5.97. The SMILES string of the molecule is Cc1cc(C(=O)N2c3ccccc3N(c3cccnc3)CCC2C)ccc1C(=O)c1ccccc1CNC(=O)Nc1c(F)cccc1F. The van der Waals surface area contributed by atoms with Crippen LogP contribution in [0.3, 0.4) is 0 Å². The molecule has 2 heterocycles. The summed E-state index contributed by atoms with van der Waals surface area (Å²) in [6.07, 6.45) is 4.27. The Bertz CT molecular complexity index is 1980. The largest absolute Gasteiger partial charge is 0.338 e. The predicted molar refractivity (Wildman–Crippen MR) is 182 cm³/mol. The summed E-state index contributed by atoms with van der Waals surface area (Å²) in [5.41, 5.74) is 4.42. The smallest absolute Gasteiger partial charge is 0.319 e. The van der Waals surface area contributed by atoms with Crippen molar-refractivity contribution in [3.8, 4) is 0 Å². The van der Waals surface area contributed by atoms with Crippen LogP contribution in [-0.4, -0.2) is 35.3 Å². The molecule has 3 amide bonds. The third-order valence-corrected chi connectivity index (χ3v) is 8.44. The van der Waals surface area contributed by atoms with E-state index in [-0.39, 0.29) is 24.3 Å². The maximum Gasteiger partial charge on any atom is 0.319 e. The number of para-hydroxylation sites is 3. The van der Waals surface area contributed by atoms with Gasteiger partial charge in [0.15, 0.2) is 5.78 Å². The van der Waals surface area contributed by atoms with E-state index in [1.54, 1.807) is 55.6 Å². The van der Waals surface area contributed by atoms with Crippen LogP contribution < -0.4 is 20.4 Å². The third-order valence-electron chi connectivity index (χ3n) is 8.44. The Labute approximate surface area is 277 Å². The van der Waals surface area contributed by atoms with Gasteiger partial charge in [-0.15, -0.1) is 0 Å². The lowest BCUT2D eigenvalue weighted by atomic mass is 9.94. The number of ketones is 1. The number of pyridine rings is 1. The van der Waals surface area contributed by atoms with Crippen molar-refractivity contribution in [1.82, 2.24) is 10.3 Å². The molecule has 8 nitrogen and oxygen atoms in total. The van der Waals surface area contributed by atoms with Crippen molar-refractivity contribution >= 4 is 40.5 Å². The molecule has 1 aromatic heterocycles. The number of carbonyl (C=O) groups is 3. The van der Waals surface area contributed by atoms with E-state index in [4.69, 9.17) is 0 Å². The number of hydrogen-bond donors (Lipinski definition) is 2. The molecule has 1 atom stereocenters. The number of amides is 3. The van der Waals surface area contributed by atoms with E-state index in [0.717, 1.165) is 35.6 Å². The van der Waals surface area contributed by atoms with Gasteiger partial charge in [0.25, 0.3) is 5.91 Å². The van der Waals surface area contributed by atoms with E-state index in [9.17, 15) is 23.2 Å². The summed E-state index contributed by atoms with van der Waals surface area (Å²) >= 11 is 0. The van der Waals surface area contributed by atoms with Gasteiger partial charge in [0.1, 0.15) is 17.3 Å². The van der Waals surface area contributed by atoms with Crippen LogP contribution in [0.15, 0.2) is 109 Å². The Kier molecular flexibility index (Phi) is 9.24. The quantitative estimate of drug-likeness (QED) is 0.176. The van der Waals surface area contributed by atoms with Crippen LogP contribution in [-0.2, 0) is 6.54 Å². The Morgan fingerprint density at radius 3 is 2.31 bits per heavy atom. The standard InChI is InChI=1S/C38H33F2N5O3/c1-24-21-26(37(47)45-25(2)18-20-44(28-10-8-19-41-23-28)33-14-5-6-15-34(33)45)16-17-29(24)36(46)30-11-4-3-9-27(30)22-42-38(48)43-35-31(39)12-7-13-32(35)40/h3-17,19,21,23,25H,18,20,22H2,1-2H3,(H2,42,43,48). The molecule has 1 aliphatic heterocycles.